The Morgan fingerprint density at radius 2 is 2.13 bits per heavy atom. The molecule has 1 atom stereocenters. The van der Waals surface area contributed by atoms with Crippen molar-refractivity contribution in [2.75, 3.05) is 52.3 Å². The van der Waals surface area contributed by atoms with Gasteiger partial charge in [-0.3, -0.25) is 14.6 Å². The van der Waals surface area contributed by atoms with Crippen molar-refractivity contribution in [3.63, 3.8) is 0 Å². The number of carbonyl (C=O) groups is 2. The third kappa shape index (κ3) is 4.70. The van der Waals surface area contributed by atoms with Crippen LogP contribution in [0, 0.1) is 5.82 Å². The number of methoxy groups -OCH3 is 1. The summed E-state index contributed by atoms with van der Waals surface area (Å²) in [5.41, 5.74) is 0.931. The normalized spacial score (nSPS) is 15.9. The zero-order valence-corrected chi connectivity index (χ0v) is 17.3. The van der Waals surface area contributed by atoms with Crippen molar-refractivity contribution in [3.8, 4) is 0 Å². The van der Waals surface area contributed by atoms with E-state index in [1.807, 2.05) is 14.1 Å². The number of carbonyl (C=O) groups excluding carboxylic acids is 2. The van der Waals surface area contributed by atoms with Crippen molar-refractivity contribution in [2.45, 2.75) is 12.3 Å². The zero-order valence-electron chi connectivity index (χ0n) is 17.3. The minimum Gasteiger partial charge on any atom is -0.383 e. The van der Waals surface area contributed by atoms with Crippen LogP contribution < -0.4 is 10.2 Å². The maximum absolute atomic E-state index is 14.0. The Kier molecular flexibility index (Phi) is 6.88. The minimum absolute atomic E-state index is 0.0140. The summed E-state index contributed by atoms with van der Waals surface area (Å²) in [6, 6.07) is 1.37. The van der Waals surface area contributed by atoms with E-state index in [0.717, 1.165) is 6.20 Å². The largest absolute Gasteiger partial charge is 0.383 e. The highest BCUT2D eigenvalue weighted by molar-refractivity contribution is 5.96. The number of nitrogens with one attached hydrogen (secondary N) is 1. The van der Waals surface area contributed by atoms with E-state index >= 15 is 0 Å². The van der Waals surface area contributed by atoms with Gasteiger partial charge in [-0.2, -0.15) is 0 Å². The van der Waals surface area contributed by atoms with E-state index in [-0.39, 0.29) is 17.4 Å². The predicted molar refractivity (Wildman–Crippen MR) is 108 cm³/mol. The number of likely N-dealkylation sites (tertiary alicyclic amines) is 1. The van der Waals surface area contributed by atoms with Gasteiger partial charge in [0.15, 0.2) is 5.82 Å². The maximum Gasteiger partial charge on any atom is 0.256 e. The van der Waals surface area contributed by atoms with Crippen LogP contribution in [0.5, 0.6) is 0 Å². The number of anilines is 1. The number of hydrogen-bond donors (Lipinski definition) is 1. The molecule has 10 heteroatoms. The molecule has 3 heterocycles. The Labute approximate surface area is 174 Å². The molecule has 1 fully saturated rings. The van der Waals surface area contributed by atoms with Crippen LogP contribution in [0.3, 0.4) is 0 Å². The number of nitrogens with zero attached hydrogens (tertiary/aromatic N) is 5. The lowest BCUT2D eigenvalue weighted by Gasteiger charge is -2.19. The fourth-order valence-corrected chi connectivity index (χ4v) is 3.34. The molecule has 2 amide bonds. The molecule has 2 aromatic rings. The number of pyridine rings is 1. The summed E-state index contributed by atoms with van der Waals surface area (Å²) in [7, 11) is 5.19. The van der Waals surface area contributed by atoms with Gasteiger partial charge in [-0.1, -0.05) is 0 Å². The summed E-state index contributed by atoms with van der Waals surface area (Å²) < 4.78 is 18.9. The standard InChI is InChI=1S/C20H25FN6O3/c1-26(2)20-24-10-15(18(28)23-7-9-30-3)17(25-20)13-5-8-27(12-13)19(29)14-4-6-22-11-16(14)21/h4,6,10-11,13H,5,7-9,12H2,1-3H3,(H,23,28). The predicted octanol–water partition coefficient (Wildman–Crippen LogP) is 1.08. The Hall–Kier alpha value is -3.14. The van der Waals surface area contributed by atoms with E-state index < -0.39 is 11.7 Å². The van der Waals surface area contributed by atoms with Gasteiger partial charge in [0.05, 0.1) is 29.6 Å². The topological polar surface area (TPSA) is 101 Å². The van der Waals surface area contributed by atoms with Crippen LogP contribution in [0.25, 0.3) is 0 Å². The molecule has 1 aliphatic rings. The van der Waals surface area contributed by atoms with Crippen LogP contribution in [0.2, 0.25) is 0 Å². The SMILES string of the molecule is COCCNC(=O)c1cnc(N(C)C)nc1C1CCN(C(=O)c2ccncc2F)C1. The molecule has 30 heavy (non-hydrogen) atoms. The molecule has 1 aliphatic heterocycles. The molecule has 0 aromatic carbocycles. The molecule has 2 aromatic heterocycles. The number of halogens is 1. The lowest BCUT2D eigenvalue weighted by Crippen LogP contribution is -2.31. The smallest absolute Gasteiger partial charge is 0.256 e. The summed E-state index contributed by atoms with van der Waals surface area (Å²) >= 11 is 0. The van der Waals surface area contributed by atoms with Crippen molar-refractivity contribution in [2.24, 2.45) is 0 Å². The molecule has 3 rings (SSSR count). The van der Waals surface area contributed by atoms with Gasteiger partial charge in [0, 0.05) is 59.2 Å². The van der Waals surface area contributed by atoms with Crippen LogP contribution in [0.15, 0.2) is 24.7 Å². The first-order valence-corrected chi connectivity index (χ1v) is 9.62. The van der Waals surface area contributed by atoms with E-state index in [1.165, 1.54) is 18.5 Å². The summed E-state index contributed by atoms with van der Waals surface area (Å²) in [5, 5.41) is 2.79. The first-order chi connectivity index (χ1) is 14.4. The number of aromatic nitrogens is 3. The number of rotatable bonds is 7. The highest BCUT2D eigenvalue weighted by atomic mass is 19.1. The monoisotopic (exact) mass is 416 g/mol. The fourth-order valence-electron chi connectivity index (χ4n) is 3.34. The van der Waals surface area contributed by atoms with Crippen LogP contribution in [-0.2, 0) is 4.74 Å². The van der Waals surface area contributed by atoms with E-state index in [2.05, 4.69) is 20.3 Å². The van der Waals surface area contributed by atoms with Crippen molar-refractivity contribution in [1.29, 1.82) is 0 Å². The van der Waals surface area contributed by atoms with Crippen LogP contribution in [0.4, 0.5) is 10.3 Å². The van der Waals surface area contributed by atoms with Crippen LogP contribution in [-0.4, -0.2) is 79.1 Å². The number of hydrogen-bond acceptors (Lipinski definition) is 7. The molecule has 0 aliphatic carbocycles. The van der Waals surface area contributed by atoms with Crippen LogP contribution in [0.1, 0.15) is 38.7 Å². The second kappa shape index (κ2) is 9.57. The Morgan fingerprint density at radius 1 is 1.33 bits per heavy atom. The number of amides is 2. The molecule has 1 unspecified atom stereocenters. The van der Waals surface area contributed by atoms with Gasteiger partial charge in [0.2, 0.25) is 5.95 Å². The minimum atomic E-state index is -0.652. The Balaban J connectivity index is 1.83. The van der Waals surface area contributed by atoms with Crippen molar-refractivity contribution >= 4 is 17.8 Å². The molecule has 1 N–H and O–H groups in total. The van der Waals surface area contributed by atoms with Gasteiger partial charge in [-0.15, -0.1) is 0 Å². The number of ether oxygens (including phenoxy) is 1. The summed E-state index contributed by atoms with van der Waals surface area (Å²) in [4.78, 5) is 41.3. The lowest BCUT2D eigenvalue weighted by atomic mass is 9.99. The molecular weight excluding hydrogens is 391 g/mol. The van der Waals surface area contributed by atoms with Gasteiger partial charge >= 0.3 is 0 Å². The van der Waals surface area contributed by atoms with Crippen molar-refractivity contribution in [3.05, 3.63) is 47.3 Å². The zero-order chi connectivity index (χ0) is 21.7. The molecule has 160 valence electrons. The van der Waals surface area contributed by atoms with Gasteiger partial charge in [0.1, 0.15) is 0 Å². The molecular formula is C20H25FN6O3. The maximum atomic E-state index is 14.0. The molecule has 0 spiro atoms. The van der Waals surface area contributed by atoms with E-state index in [1.54, 1.807) is 16.9 Å². The molecule has 1 saturated heterocycles. The fraction of sp³-hybridized carbons (Fsp3) is 0.450. The van der Waals surface area contributed by atoms with E-state index in [9.17, 15) is 14.0 Å². The molecule has 9 nitrogen and oxygen atoms in total. The average molecular weight is 416 g/mol. The van der Waals surface area contributed by atoms with E-state index in [0.29, 0.717) is 49.9 Å². The molecule has 0 bridgehead atoms. The summed E-state index contributed by atoms with van der Waals surface area (Å²) in [6.07, 6.45) is 4.53. The van der Waals surface area contributed by atoms with Gasteiger partial charge in [-0.25, -0.2) is 14.4 Å². The highest BCUT2D eigenvalue weighted by Crippen LogP contribution is 2.30. The second-order valence-electron chi connectivity index (χ2n) is 7.20. The Morgan fingerprint density at radius 3 is 2.83 bits per heavy atom. The highest BCUT2D eigenvalue weighted by Gasteiger charge is 2.33. The third-order valence-corrected chi connectivity index (χ3v) is 4.91. The van der Waals surface area contributed by atoms with Gasteiger partial charge < -0.3 is 19.9 Å². The second-order valence-corrected chi connectivity index (χ2v) is 7.20. The van der Waals surface area contributed by atoms with Crippen LogP contribution >= 0.6 is 0 Å². The average Bonchev–Trinajstić information content (AvgIpc) is 3.23. The van der Waals surface area contributed by atoms with Gasteiger partial charge in [-0.05, 0) is 12.5 Å². The molecule has 0 saturated carbocycles. The van der Waals surface area contributed by atoms with Crippen molar-refractivity contribution < 1.29 is 18.7 Å². The lowest BCUT2D eigenvalue weighted by molar-refractivity contribution is 0.0785. The first kappa shape index (κ1) is 21.6. The summed E-state index contributed by atoms with van der Waals surface area (Å²) in [6.45, 7) is 1.53. The first-order valence-electron chi connectivity index (χ1n) is 9.62. The van der Waals surface area contributed by atoms with Crippen molar-refractivity contribution in [1.82, 2.24) is 25.2 Å². The van der Waals surface area contributed by atoms with E-state index in [4.69, 9.17) is 4.74 Å². The van der Waals surface area contributed by atoms with Gasteiger partial charge in [0.25, 0.3) is 11.8 Å². The Bertz CT molecular complexity index is 923. The third-order valence-electron chi connectivity index (χ3n) is 4.91. The summed E-state index contributed by atoms with van der Waals surface area (Å²) in [5.74, 6) is -1.03. The molecule has 0 radical (unpaired) electrons. The quantitative estimate of drug-likeness (QED) is 0.674.